The van der Waals surface area contributed by atoms with Gasteiger partial charge in [0.2, 0.25) is 5.91 Å². The van der Waals surface area contributed by atoms with Crippen LogP contribution in [-0.2, 0) is 16.0 Å². The van der Waals surface area contributed by atoms with Gasteiger partial charge in [-0.2, -0.15) is 0 Å². The van der Waals surface area contributed by atoms with Crippen LogP contribution in [0.3, 0.4) is 0 Å². The third kappa shape index (κ3) is 5.12. The van der Waals surface area contributed by atoms with Gasteiger partial charge in [-0.25, -0.2) is 0 Å². The number of amides is 2. The lowest BCUT2D eigenvalue weighted by atomic mass is 10.1. The van der Waals surface area contributed by atoms with E-state index in [1.807, 2.05) is 56.3 Å². The number of nitrogens with one attached hydrogen (secondary N) is 2. The van der Waals surface area contributed by atoms with E-state index >= 15 is 0 Å². The number of rotatable bonds is 7. The monoisotopic (exact) mass is 326 g/mol. The first kappa shape index (κ1) is 17.5. The van der Waals surface area contributed by atoms with Crippen LogP contribution in [-0.4, -0.2) is 25.0 Å². The summed E-state index contributed by atoms with van der Waals surface area (Å²) in [7, 11) is 0. The summed E-state index contributed by atoms with van der Waals surface area (Å²) in [5.74, 6) is 0.0614. The first-order valence-electron chi connectivity index (χ1n) is 7.93. The van der Waals surface area contributed by atoms with E-state index in [9.17, 15) is 9.59 Å². The number of anilines is 1. The van der Waals surface area contributed by atoms with Crippen LogP contribution in [0.15, 0.2) is 48.5 Å². The molecule has 2 N–H and O–H groups in total. The smallest absolute Gasteiger partial charge is 0.258 e. The van der Waals surface area contributed by atoms with Crippen molar-refractivity contribution in [3.8, 4) is 5.75 Å². The fraction of sp³-hybridized carbons (Fsp3) is 0.263. The minimum Gasteiger partial charge on any atom is -0.484 e. The number of carbonyl (C=O) groups is 2. The Kier molecular flexibility index (Phi) is 6.37. The third-order valence-corrected chi connectivity index (χ3v) is 3.57. The van der Waals surface area contributed by atoms with Gasteiger partial charge in [-0.15, -0.1) is 0 Å². The molecule has 5 nitrogen and oxygen atoms in total. The zero-order valence-electron chi connectivity index (χ0n) is 14.0. The largest absolute Gasteiger partial charge is 0.484 e. The van der Waals surface area contributed by atoms with Crippen molar-refractivity contribution in [3.05, 3.63) is 59.7 Å². The molecule has 2 amide bonds. The summed E-state index contributed by atoms with van der Waals surface area (Å²) in [4.78, 5) is 23.7. The molecule has 2 aromatic carbocycles. The number of carbonyl (C=O) groups excluding carboxylic acids is 2. The molecule has 126 valence electrons. The fourth-order valence-electron chi connectivity index (χ4n) is 2.24. The highest BCUT2D eigenvalue weighted by molar-refractivity contribution is 5.95. The standard InChI is InChI=1S/C19H22N2O3/c1-3-15-9-5-6-10-16(15)21-18(22)12-20-19(23)13-24-17-11-7-4-8-14(17)2/h4-11H,3,12-13H2,1-2H3,(H,20,23)(H,21,22). The van der Waals surface area contributed by atoms with Crippen LogP contribution >= 0.6 is 0 Å². The Balaban J connectivity index is 1.77. The number of hydrogen-bond acceptors (Lipinski definition) is 3. The highest BCUT2D eigenvalue weighted by Crippen LogP contribution is 2.16. The van der Waals surface area contributed by atoms with E-state index in [0.29, 0.717) is 5.75 Å². The molecule has 0 saturated heterocycles. The molecular formula is C19H22N2O3. The summed E-state index contributed by atoms with van der Waals surface area (Å²) in [6.07, 6.45) is 0.826. The molecule has 5 heteroatoms. The molecule has 0 aliphatic carbocycles. The number of benzene rings is 2. The molecule has 24 heavy (non-hydrogen) atoms. The minimum atomic E-state index is -0.336. The number of ether oxygens (including phenoxy) is 1. The van der Waals surface area contributed by atoms with Gasteiger partial charge in [0.05, 0.1) is 6.54 Å². The second kappa shape index (κ2) is 8.72. The molecule has 0 atom stereocenters. The predicted octanol–water partition coefficient (Wildman–Crippen LogP) is 2.69. The van der Waals surface area contributed by atoms with Gasteiger partial charge in [0.15, 0.2) is 6.61 Å². The van der Waals surface area contributed by atoms with Crippen LogP contribution in [0.1, 0.15) is 18.1 Å². The average molecular weight is 326 g/mol. The second-order valence-corrected chi connectivity index (χ2v) is 5.39. The van der Waals surface area contributed by atoms with E-state index in [1.54, 1.807) is 6.07 Å². The molecule has 0 saturated carbocycles. The average Bonchev–Trinajstić information content (AvgIpc) is 2.59. The zero-order chi connectivity index (χ0) is 17.4. The Morgan fingerprint density at radius 3 is 2.46 bits per heavy atom. The van der Waals surface area contributed by atoms with Crippen molar-refractivity contribution < 1.29 is 14.3 Å². The Labute approximate surface area is 142 Å². The molecular weight excluding hydrogens is 304 g/mol. The van der Waals surface area contributed by atoms with Crippen molar-refractivity contribution in [2.75, 3.05) is 18.5 Å². The summed E-state index contributed by atoms with van der Waals surface area (Å²) in [5.41, 5.74) is 2.79. The number of para-hydroxylation sites is 2. The summed E-state index contributed by atoms with van der Waals surface area (Å²) < 4.78 is 5.44. The normalized spacial score (nSPS) is 10.1. The van der Waals surface area contributed by atoms with Crippen molar-refractivity contribution in [3.63, 3.8) is 0 Å². The Bertz CT molecular complexity index is 713. The molecule has 0 unspecified atom stereocenters. The SMILES string of the molecule is CCc1ccccc1NC(=O)CNC(=O)COc1ccccc1C. The van der Waals surface area contributed by atoms with Gasteiger partial charge < -0.3 is 15.4 Å². The summed E-state index contributed by atoms with van der Waals surface area (Å²) >= 11 is 0. The van der Waals surface area contributed by atoms with Crippen molar-refractivity contribution in [2.45, 2.75) is 20.3 Å². The number of hydrogen-bond donors (Lipinski definition) is 2. The van der Waals surface area contributed by atoms with Gasteiger partial charge >= 0.3 is 0 Å². The molecule has 2 rings (SSSR count). The van der Waals surface area contributed by atoms with E-state index in [1.165, 1.54) is 0 Å². The number of aryl methyl sites for hydroxylation is 2. The van der Waals surface area contributed by atoms with Gasteiger partial charge in [-0.1, -0.05) is 43.3 Å². The van der Waals surface area contributed by atoms with Crippen molar-refractivity contribution in [2.24, 2.45) is 0 Å². The first-order chi connectivity index (χ1) is 11.6. The Hall–Kier alpha value is -2.82. The van der Waals surface area contributed by atoms with Gasteiger partial charge in [-0.3, -0.25) is 9.59 Å². The fourth-order valence-corrected chi connectivity index (χ4v) is 2.24. The molecule has 0 aliphatic rings. The third-order valence-electron chi connectivity index (χ3n) is 3.57. The highest BCUT2D eigenvalue weighted by Gasteiger charge is 2.09. The van der Waals surface area contributed by atoms with Gasteiger partial charge in [-0.05, 0) is 36.6 Å². The summed E-state index contributed by atoms with van der Waals surface area (Å²) in [6, 6.07) is 15.1. The van der Waals surface area contributed by atoms with Crippen molar-refractivity contribution in [1.82, 2.24) is 5.32 Å². The first-order valence-corrected chi connectivity index (χ1v) is 7.93. The van der Waals surface area contributed by atoms with Crippen LogP contribution in [0.25, 0.3) is 0 Å². The maximum Gasteiger partial charge on any atom is 0.258 e. The van der Waals surface area contributed by atoms with E-state index in [-0.39, 0.29) is 25.0 Å². The Morgan fingerprint density at radius 2 is 1.71 bits per heavy atom. The maximum atomic E-state index is 11.9. The Morgan fingerprint density at radius 1 is 1.00 bits per heavy atom. The molecule has 0 aliphatic heterocycles. The van der Waals surface area contributed by atoms with E-state index < -0.39 is 0 Å². The maximum absolute atomic E-state index is 11.9. The van der Waals surface area contributed by atoms with Crippen LogP contribution in [0.5, 0.6) is 5.75 Å². The van der Waals surface area contributed by atoms with Gasteiger partial charge in [0, 0.05) is 5.69 Å². The van der Waals surface area contributed by atoms with E-state index in [2.05, 4.69) is 10.6 Å². The topological polar surface area (TPSA) is 67.4 Å². The highest BCUT2D eigenvalue weighted by atomic mass is 16.5. The molecule has 0 spiro atoms. The molecule has 0 bridgehead atoms. The molecule has 0 fully saturated rings. The van der Waals surface area contributed by atoms with Crippen molar-refractivity contribution in [1.29, 1.82) is 0 Å². The lowest BCUT2D eigenvalue weighted by molar-refractivity contribution is -0.125. The van der Waals surface area contributed by atoms with E-state index in [0.717, 1.165) is 23.2 Å². The van der Waals surface area contributed by atoms with Crippen LogP contribution < -0.4 is 15.4 Å². The van der Waals surface area contributed by atoms with Crippen LogP contribution in [0, 0.1) is 6.92 Å². The quantitative estimate of drug-likeness (QED) is 0.822. The summed E-state index contributed by atoms with van der Waals surface area (Å²) in [5, 5.41) is 5.36. The predicted molar refractivity (Wildman–Crippen MR) is 94.1 cm³/mol. The lowest BCUT2D eigenvalue weighted by Gasteiger charge is -2.11. The summed E-state index contributed by atoms with van der Waals surface area (Å²) in [6.45, 7) is 3.72. The molecule has 0 radical (unpaired) electrons. The molecule has 0 heterocycles. The van der Waals surface area contributed by atoms with Gasteiger partial charge in [0.25, 0.3) is 5.91 Å². The second-order valence-electron chi connectivity index (χ2n) is 5.39. The van der Waals surface area contributed by atoms with Gasteiger partial charge in [0.1, 0.15) is 5.75 Å². The lowest BCUT2D eigenvalue weighted by Crippen LogP contribution is -2.36. The van der Waals surface area contributed by atoms with Crippen LogP contribution in [0.4, 0.5) is 5.69 Å². The minimum absolute atomic E-state index is 0.0893. The van der Waals surface area contributed by atoms with Crippen LogP contribution in [0.2, 0.25) is 0 Å². The zero-order valence-corrected chi connectivity index (χ0v) is 14.0. The van der Waals surface area contributed by atoms with Crippen molar-refractivity contribution >= 4 is 17.5 Å². The molecule has 0 aromatic heterocycles. The van der Waals surface area contributed by atoms with E-state index in [4.69, 9.17) is 4.74 Å². The molecule has 2 aromatic rings.